The summed E-state index contributed by atoms with van der Waals surface area (Å²) in [7, 11) is 0. The molecule has 20 heavy (non-hydrogen) atoms. The molecule has 0 aliphatic heterocycles. The third-order valence-electron chi connectivity index (χ3n) is 2.74. The van der Waals surface area contributed by atoms with Crippen molar-refractivity contribution < 1.29 is 4.74 Å². The van der Waals surface area contributed by atoms with Crippen LogP contribution in [0, 0.1) is 6.92 Å². The molecule has 2 heterocycles. The molecule has 0 aliphatic carbocycles. The minimum Gasteiger partial charge on any atom is -0.486 e. The van der Waals surface area contributed by atoms with E-state index in [0.717, 1.165) is 27.0 Å². The summed E-state index contributed by atoms with van der Waals surface area (Å²) in [5.41, 5.74) is 1.96. The number of hydrogen-bond donors (Lipinski definition) is 1. The Morgan fingerprint density at radius 2 is 2.25 bits per heavy atom. The monoisotopic (exact) mass is 305 g/mol. The number of aromatic nitrogens is 3. The molecular weight excluding hydrogens is 294 g/mol. The van der Waals surface area contributed by atoms with Crippen LogP contribution in [0.15, 0.2) is 36.5 Å². The molecular formula is C14H12ClN3OS. The summed E-state index contributed by atoms with van der Waals surface area (Å²) < 4.78 is 5.70. The molecule has 2 aromatic heterocycles. The standard InChI is InChI=1S/C14H12ClN3OS/c1-9-14(12-5-6-16-18-12)20-13(17-9)8-19-11-4-2-3-10(15)7-11/h2-7H,8H2,1H3,(H,16,18). The highest BCUT2D eigenvalue weighted by atomic mass is 35.5. The fourth-order valence-electron chi connectivity index (χ4n) is 1.85. The highest BCUT2D eigenvalue weighted by Gasteiger charge is 2.11. The van der Waals surface area contributed by atoms with Crippen molar-refractivity contribution in [3.05, 3.63) is 52.3 Å². The van der Waals surface area contributed by atoms with Crippen LogP contribution in [0.5, 0.6) is 5.75 Å². The third-order valence-corrected chi connectivity index (χ3v) is 4.14. The maximum absolute atomic E-state index is 5.92. The zero-order valence-electron chi connectivity index (χ0n) is 10.8. The number of rotatable bonds is 4. The van der Waals surface area contributed by atoms with Gasteiger partial charge in [0, 0.05) is 11.2 Å². The molecule has 1 aromatic carbocycles. The Hall–Kier alpha value is -1.85. The lowest BCUT2D eigenvalue weighted by atomic mass is 10.3. The number of H-pyrrole nitrogens is 1. The first-order chi connectivity index (χ1) is 9.72. The van der Waals surface area contributed by atoms with Gasteiger partial charge in [-0.2, -0.15) is 5.10 Å². The summed E-state index contributed by atoms with van der Waals surface area (Å²) >= 11 is 7.52. The normalized spacial score (nSPS) is 10.7. The van der Waals surface area contributed by atoms with Gasteiger partial charge in [-0.15, -0.1) is 11.3 Å². The second kappa shape index (κ2) is 5.64. The van der Waals surface area contributed by atoms with E-state index in [-0.39, 0.29) is 0 Å². The Balaban J connectivity index is 1.74. The Morgan fingerprint density at radius 3 is 3.00 bits per heavy atom. The summed E-state index contributed by atoms with van der Waals surface area (Å²) in [5, 5.41) is 8.50. The average Bonchev–Trinajstić information content (AvgIpc) is 3.05. The number of ether oxygens (including phenoxy) is 1. The minimum absolute atomic E-state index is 0.431. The molecule has 102 valence electrons. The second-order valence-corrected chi connectivity index (χ2v) is 5.76. The molecule has 4 nitrogen and oxygen atoms in total. The zero-order valence-corrected chi connectivity index (χ0v) is 12.3. The first kappa shape index (κ1) is 13.1. The van der Waals surface area contributed by atoms with E-state index in [1.807, 2.05) is 31.2 Å². The van der Waals surface area contributed by atoms with Crippen LogP contribution in [-0.4, -0.2) is 15.2 Å². The van der Waals surface area contributed by atoms with Crippen LogP contribution in [0.4, 0.5) is 0 Å². The SMILES string of the molecule is Cc1nc(COc2cccc(Cl)c2)sc1-c1ccn[nH]1. The summed E-state index contributed by atoms with van der Waals surface area (Å²) in [6.07, 6.45) is 1.73. The van der Waals surface area contributed by atoms with Crippen LogP contribution in [0.2, 0.25) is 5.02 Å². The fraction of sp³-hybridized carbons (Fsp3) is 0.143. The molecule has 0 atom stereocenters. The highest BCUT2D eigenvalue weighted by Crippen LogP contribution is 2.29. The van der Waals surface area contributed by atoms with Crippen LogP contribution >= 0.6 is 22.9 Å². The molecule has 0 spiro atoms. The Kier molecular flexibility index (Phi) is 3.71. The first-order valence-electron chi connectivity index (χ1n) is 6.07. The van der Waals surface area contributed by atoms with Crippen molar-refractivity contribution in [2.24, 2.45) is 0 Å². The molecule has 0 unspecified atom stereocenters. The van der Waals surface area contributed by atoms with Crippen molar-refractivity contribution in [3.63, 3.8) is 0 Å². The van der Waals surface area contributed by atoms with Crippen LogP contribution in [0.25, 0.3) is 10.6 Å². The lowest BCUT2D eigenvalue weighted by molar-refractivity contribution is 0.305. The van der Waals surface area contributed by atoms with Crippen molar-refractivity contribution in [2.45, 2.75) is 13.5 Å². The number of halogens is 1. The smallest absolute Gasteiger partial charge is 0.140 e. The second-order valence-electron chi connectivity index (χ2n) is 4.24. The van der Waals surface area contributed by atoms with Crippen molar-refractivity contribution in [2.75, 3.05) is 0 Å². The largest absolute Gasteiger partial charge is 0.486 e. The molecule has 0 amide bonds. The maximum atomic E-state index is 5.92. The Morgan fingerprint density at radius 1 is 1.35 bits per heavy atom. The number of benzene rings is 1. The highest BCUT2D eigenvalue weighted by molar-refractivity contribution is 7.15. The van der Waals surface area contributed by atoms with Gasteiger partial charge < -0.3 is 4.74 Å². The predicted octanol–water partition coefficient (Wildman–Crippen LogP) is 4.07. The average molecular weight is 306 g/mol. The maximum Gasteiger partial charge on any atom is 0.140 e. The van der Waals surface area contributed by atoms with Gasteiger partial charge in [-0.3, -0.25) is 5.10 Å². The number of hydrogen-bond acceptors (Lipinski definition) is 4. The molecule has 0 aliphatic rings. The molecule has 3 rings (SSSR count). The molecule has 0 saturated carbocycles. The van der Waals surface area contributed by atoms with Gasteiger partial charge in [0.05, 0.1) is 16.3 Å². The van der Waals surface area contributed by atoms with Gasteiger partial charge in [0.1, 0.15) is 17.4 Å². The summed E-state index contributed by atoms with van der Waals surface area (Å²) in [5.74, 6) is 0.744. The van der Waals surface area contributed by atoms with E-state index in [9.17, 15) is 0 Å². The van der Waals surface area contributed by atoms with Gasteiger partial charge >= 0.3 is 0 Å². The van der Waals surface area contributed by atoms with Crippen molar-refractivity contribution in [1.29, 1.82) is 0 Å². The molecule has 0 fully saturated rings. The lowest BCUT2D eigenvalue weighted by Gasteiger charge is -2.03. The van der Waals surface area contributed by atoms with E-state index in [1.54, 1.807) is 23.6 Å². The van der Waals surface area contributed by atoms with E-state index in [2.05, 4.69) is 15.2 Å². The number of aromatic amines is 1. The van der Waals surface area contributed by atoms with Gasteiger partial charge in [0.15, 0.2) is 0 Å². The Bertz CT molecular complexity index is 709. The fourth-order valence-corrected chi connectivity index (χ4v) is 2.98. The summed E-state index contributed by atoms with van der Waals surface area (Å²) in [6.45, 7) is 2.41. The molecule has 0 radical (unpaired) electrons. The van der Waals surface area contributed by atoms with E-state index in [4.69, 9.17) is 16.3 Å². The molecule has 6 heteroatoms. The van der Waals surface area contributed by atoms with Gasteiger partial charge in [0.2, 0.25) is 0 Å². The number of nitrogens with zero attached hydrogens (tertiary/aromatic N) is 2. The van der Waals surface area contributed by atoms with E-state index >= 15 is 0 Å². The van der Waals surface area contributed by atoms with Crippen LogP contribution in [-0.2, 0) is 6.61 Å². The van der Waals surface area contributed by atoms with Gasteiger partial charge in [0.25, 0.3) is 0 Å². The summed E-state index contributed by atoms with van der Waals surface area (Å²) in [4.78, 5) is 5.61. The number of thiazole rings is 1. The van der Waals surface area contributed by atoms with Crippen LogP contribution in [0.1, 0.15) is 10.7 Å². The zero-order chi connectivity index (χ0) is 13.9. The van der Waals surface area contributed by atoms with E-state index in [1.165, 1.54) is 0 Å². The topological polar surface area (TPSA) is 50.8 Å². The lowest BCUT2D eigenvalue weighted by Crippen LogP contribution is -1.94. The summed E-state index contributed by atoms with van der Waals surface area (Å²) in [6, 6.07) is 9.28. The van der Waals surface area contributed by atoms with E-state index < -0.39 is 0 Å². The quantitative estimate of drug-likeness (QED) is 0.790. The molecule has 0 bridgehead atoms. The number of nitrogens with one attached hydrogen (secondary N) is 1. The first-order valence-corrected chi connectivity index (χ1v) is 7.26. The van der Waals surface area contributed by atoms with Gasteiger partial charge in [-0.1, -0.05) is 17.7 Å². The minimum atomic E-state index is 0.431. The van der Waals surface area contributed by atoms with E-state index in [0.29, 0.717) is 11.6 Å². The number of aryl methyl sites for hydroxylation is 1. The van der Waals surface area contributed by atoms with Crippen LogP contribution in [0.3, 0.4) is 0 Å². The Labute approximate surface area is 125 Å². The molecule has 1 N–H and O–H groups in total. The van der Waals surface area contributed by atoms with Crippen molar-refractivity contribution in [3.8, 4) is 16.3 Å². The third kappa shape index (κ3) is 2.84. The predicted molar refractivity (Wildman–Crippen MR) is 80.2 cm³/mol. The molecule has 0 saturated heterocycles. The van der Waals surface area contributed by atoms with Crippen molar-refractivity contribution in [1.82, 2.24) is 15.2 Å². The van der Waals surface area contributed by atoms with Crippen molar-refractivity contribution >= 4 is 22.9 Å². The molecule has 3 aromatic rings. The van der Waals surface area contributed by atoms with Gasteiger partial charge in [-0.05, 0) is 31.2 Å². The van der Waals surface area contributed by atoms with Crippen LogP contribution < -0.4 is 4.74 Å². The van der Waals surface area contributed by atoms with Gasteiger partial charge in [-0.25, -0.2) is 4.98 Å².